The molecule has 2 amide bonds. The molecule has 0 radical (unpaired) electrons. The molecule has 0 bridgehead atoms. The van der Waals surface area contributed by atoms with Gasteiger partial charge in [0.05, 0.1) is 5.69 Å². The third-order valence-electron chi connectivity index (χ3n) is 3.74. The van der Waals surface area contributed by atoms with Crippen molar-refractivity contribution in [3.63, 3.8) is 0 Å². The molecule has 1 N–H and O–H groups in total. The first kappa shape index (κ1) is 15.0. The summed E-state index contributed by atoms with van der Waals surface area (Å²) in [4.78, 5) is 29.7. The molecule has 3 rings (SSSR count). The number of hydrogen-bond donors (Lipinski definition) is 1. The molecule has 0 fully saturated rings. The lowest BCUT2D eigenvalue weighted by Gasteiger charge is -2.31. The van der Waals surface area contributed by atoms with Crippen molar-refractivity contribution in [3.8, 4) is 5.75 Å². The van der Waals surface area contributed by atoms with Crippen LogP contribution in [0.1, 0.15) is 16.8 Å². The Balaban J connectivity index is 1.59. The second-order valence-corrected chi connectivity index (χ2v) is 5.25. The fourth-order valence-corrected chi connectivity index (χ4v) is 2.48. The van der Waals surface area contributed by atoms with Crippen molar-refractivity contribution in [2.45, 2.75) is 12.5 Å². The molecule has 2 aromatic rings. The summed E-state index contributed by atoms with van der Waals surface area (Å²) in [6, 6.07) is 10.7. The van der Waals surface area contributed by atoms with Crippen LogP contribution in [0.25, 0.3) is 0 Å². The maximum absolute atomic E-state index is 12.3. The Bertz CT molecular complexity index is 718. The van der Waals surface area contributed by atoms with Gasteiger partial charge in [0.25, 0.3) is 11.8 Å². The number of ether oxygens (including phenoxy) is 1. The summed E-state index contributed by atoms with van der Waals surface area (Å²) in [5.41, 5.74) is 1.30. The summed E-state index contributed by atoms with van der Waals surface area (Å²) in [7, 11) is 1.73. The third-order valence-corrected chi connectivity index (χ3v) is 3.74. The van der Waals surface area contributed by atoms with Gasteiger partial charge in [-0.05, 0) is 24.3 Å². The molecule has 0 aliphatic carbocycles. The zero-order valence-electron chi connectivity index (χ0n) is 12.7. The van der Waals surface area contributed by atoms with Gasteiger partial charge >= 0.3 is 0 Å². The lowest BCUT2D eigenvalue weighted by atomic mass is 10.1. The summed E-state index contributed by atoms with van der Waals surface area (Å²) in [5.74, 6) is 0.381. The van der Waals surface area contributed by atoms with Gasteiger partial charge in [-0.15, -0.1) is 0 Å². The number of nitrogens with one attached hydrogen (secondary N) is 1. The van der Waals surface area contributed by atoms with Crippen LogP contribution in [0, 0.1) is 0 Å². The van der Waals surface area contributed by atoms with Crippen molar-refractivity contribution < 1.29 is 14.3 Å². The van der Waals surface area contributed by atoms with Crippen LogP contribution < -0.4 is 15.0 Å². The van der Waals surface area contributed by atoms with Gasteiger partial charge < -0.3 is 15.0 Å². The summed E-state index contributed by atoms with van der Waals surface area (Å²) in [6.45, 7) is 0.355. The maximum atomic E-state index is 12.3. The largest absolute Gasteiger partial charge is 0.478 e. The number of rotatable bonds is 4. The molecule has 1 aromatic heterocycles. The normalized spacial score (nSPS) is 16.5. The molecule has 1 unspecified atom stereocenters. The van der Waals surface area contributed by atoms with Gasteiger partial charge in [0.15, 0.2) is 6.10 Å². The topological polar surface area (TPSA) is 71.5 Å². The Labute approximate surface area is 134 Å². The molecular formula is C17H17N3O3. The maximum Gasteiger partial charge on any atom is 0.267 e. The van der Waals surface area contributed by atoms with Crippen molar-refractivity contribution >= 4 is 17.5 Å². The van der Waals surface area contributed by atoms with E-state index in [9.17, 15) is 9.59 Å². The number of likely N-dealkylation sites (N-methyl/N-ethyl adjacent to an activating group) is 1. The molecule has 1 aliphatic heterocycles. The van der Waals surface area contributed by atoms with Crippen molar-refractivity contribution in [2.24, 2.45) is 0 Å². The standard InChI is InChI=1S/C17H17N3O3/c1-20-13-4-2-3-5-14(13)23-15(17(20)22)8-11-19-16(21)12-6-9-18-10-7-12/h2-7,9-10,15H,8,11H2,1H3,(H,19,21). The average molecular weight is 311 g/mol. The van der Waals surface area contributed by atoms with Gasteiger partial charge in [-0.3, -0.25) is 14.6 Å². The molecule has 1 aliphatic rings. The highest BCUT2D eigenvalue weighted by Crippen LogP contribution is 2.33. The SMILES string of the molecule is CN1C(=O)C(CCNC(=O)c2ccncc2)Oc2ccccc21. The molecule has 6 heteroatoms. The zero-order chi connectivity index (χ0) is 16.2. The van der Waals surface area contributed by atoms with E-state index >= 15 is 0 Å². The van der Waals surface area contributed by atoms with Crippen molar-refractivity contribution in [1.82, 2.24) is 10.3 Å². The van der Waals surface area contributed by atoms with E-state index in [4.69, 9.17) is 4.74 Å². The highest BCUT2D eigenvalue weighted by Gasteiger charge is 2.31. The van der Waals surface area contributed by atoms with Crippen LogP contribution in [-0.4, -0.2) is 36.5 Å². The number of nitrogens with zero attached hydrogens (tertiary/aromatic N) is 2. The first-order chi connectivity index (χ1) is 11.2. The molecule has 0 spiro atoms. The van der Waals surface area contributed by atoms with Gasteiger partial charge in [-0.25, -0.2) is 0 Å². The molecule has 1 aromatic carbocycles. The number of aromatic nitrogens is 1. The fraction of sp³-hybridized carbons (Fsp3) is 0.235. The van der Waals surface area contributed by atoms with Gasteiger partial charge in [-0.1, -0.05) is 12.1 Å². The predicted octanol–water partition coefficient (Wildman–Crippen LogP) is 1.63. The quantitative estimate of drug-likeness (QED) is 0.931. The number of benzene rings is 1. The third kappa shape index (κ3) is 3.15. The van der Waals surface area contributed by atoms with E-state index in [1.54, 1.807) is 36.5 Å². The van der Waals surface area contributed by atoms with Crippen LogP contribution in [0.15, 0.2) is 48.8 Å². The zero-order valence-corrected chi connectivity index (χ0v) is 12.7. The first-order valence-electron chi connectivity index (χ1n) is 7.38. The Morgan fingerprint density at radius 3 is 2.78 bits per heavy atom. The Kier molecular flexibility index (Phi) is 4.23. The minimum absolute atomic E-state index is 0.109. The lowest BCUT2D eigenvalue weighted by Crippen LogP contribution is -2.45. The van der Waals surface area contributed by atoms with Gasteiger partial charge in [0.2, 0.25) is 0 Å². The number of hydrogen-bond acceptors (Lipinski definition) is 4. The van der Waals surface area contributed by atoms with Crippen LogP contribution in [-0.2, 0) is 4.79 Å². The molecule has 1 atom stereocenters. The number of amides is 2. The van der Waals surface area contributed by atoms with E-state index in [0.717, 1.165) is 5.69 Å². The fourth-order valence-electron chi connectivity index (χ4n) is 2.48. The lowest BCUT2D eigenvalue weighted by molar-refractivity contribution is -0.126. The summed E-state index contributed by atoms with van der Waals surface area (Å²) >= 11 is 0. The molecular weight excluding hydrogens is 294 g/mol. The number of pyridine rings is 1. The van der Waals surface area contributed by atoms with Crippen LogP contribution >= 0.6 is 0 Å². The first-order valence-corrected chi connectivity index (χ1v) is 7.38. The highest BCUT2D eigenvalue weighted by atomic mass is 16.5. The Hall–Kier alpha value is -2.89. The molecule has 6 nitrogen and oxygen atoms in total. The average Bonchev–Trinajstić information content (AvgIpc) is 2.60. The molecule has 2 heterocycles. The molecule has 23 heavy (non-hydrogen) atoms. The van der Waals surface area contributed by atoms with Crippen LogP contribution in [0.5, 0.6) is 5.75 Å². The predicted molar refractivity (Wildman–Crippen MR) is 85.5 cm³/mol. The smallest absolute Gasteiger partial charge is 0.267 e. The van der Waals surface area contributed by atoms with Crippen LogP contribution in [0.2, 0.25) is 0 Å². The minimum atomic E-state index is -0.590. The Morgan fingerprint density at radius 2 is 2.00 bits per heavy atom. The van der Waals surface area contributed by atoms with E-state index in [-0.39, 0.29) is 11.8 Å². The highest BCUT2D eigenvalue weighted by molar-refractivity contribution is 5.99. The molecule has 118 valence electrons. The molecule has 0 saturated heterocycles. The Morgan fingerprint density at radius 1 is 1.26 bits per heavy atom. The minimum Gasteiger partial charge on any atom is -0.478 e. The second-order valence-electron chi connectivity index (χ2n) is 5.25. The van der Waals surface area contributed by atoms with Crippen molar-refractivity contribution in [1.29, 1.82) is 0 Å². The van der Waals surface area contributed by atoms with Gasteiger partial charge in [0, 0.05) is 38.0 Å². The van der Waals surface area contributed by atoms with Gasteiger partial charge in [-0.2, -0.15) is 0 Å². The van der Waals surface area contributed by atoms with E-state index < -0.39 is 6.10 Å². The van der Waals surface area contributed by atoms with Crippen molar-refractivity contribution in [2.75, 3.05) is 18.5 Å². The van der Waals surface area contributed by atoms with Crippen molar-refractivity contribution in [3.05, 3.63) is 54.4 Å². The number of carbonyl (C=O) groups excluding carboxylic acids is 2. The summed E-state index contributed by atoms with van der Waals surface area (Å²) in [6.07, 6.45) is 2.95. The van der Waals surface area contributed by atoms with E-state index in [0.29, 0.717) is 24.3 Å². The number of fused-ring (bicyclic) bond motifs is 1. The summed E-state index contributed by atoms with van der Waals surface area (Å²) < 4.78 is 5.75. The van der Waals surface area contributed by atoms with Crippen LogP contribution in [0.3, 0.4) is 0 Å². The van der Waals surface area contributed by atoms with Crippen LogP contribution in [0.4, 0.5) is 5.69 Å². The van der Waals surface area contributed by atoms with Gasteiger partial charge in [0.1, 0.15) is 5.75 Å². The summed E-state index contributed by atoms with van der Waals surface area (Å²) in [5, 5.41) is 2.79. The second kappa shape index (κ2) is 6.48. The number of anilines is 1. The van der Waals surface area contributed by atoms with E-state index in [1.165, 1.54) is 0 Å². The molecule has 0 saturated carbocycles. The monoisotopic (exact) mass is 311 g/mol. The number of para-hydroxylation sites is 2. The number of carbonyl (C=O) groups is 2. The van der Waals surface area contributed by atoms with E-state index in [2.05, 4.69) is 10.3 Å². The van der Waals surface area contributed by atoms with E-state index in [1.807, 2.05) is 24.3 Å².